The van der Waals surface area contributed by atoms with Crippen molar-refractivity contribution in [1.82, 2.24) is 9.80 Å². The average Bonchev–Trinajstić information content (AvgIpc) is 3.27. The lowest BCUT2D eigenvalue weighted by Crippen LogP contribution is -2.37. The molecule has 0 aromatic heterocycles. The molecule has 29 heavy (non-hydrogen) atoms. The summed E-state index contributed by atoms with van der Waals surface area (Å²) in [7, 11) is 0. The van der Waals surface area contributed by atoms with Crippen LogP contribution in [0.25, 0.3) is 0 Å². The Labute approximate surface area is 174 Å². The first-order valence-corrected chi connectivity index (χ1v) is 11.0. The van der Waals surface area contributed by atoms with Gasteiger partial charge in [-0.1, -0.05) is 42.0 Å². The van der Waals surface area contributed by atoms with Crippen molar-refractivity contribution in [2.45, 2.75) is 39.2 Å². The van der Waals surface area contributed by atoms with E-state index in [0.717, 1.165) is 51.3 Å². The zero-order valence-electron chi connectivity index (χ0n) is 17.5. The van der Waals surface area contributed by atoms with Crippen LogP contribution in [0.15, 0.2) is 48.5 Å². The number of hydrogen-bond donors (Lipinski definition) is 0. The Balaban J connectivity index is 1.35. The number of aryl methyl sites for hydroxylation is 1. The van der Waals surface area contributed by atoms with Crippen LogP contribution in [0.2, 0.25) is 0 Å². The topological polar surface area (TPSA) is 32.8 Å². The van der Waals surface area contributed by atoms with Gasteiger partial charge in [-0.3, -0.25) is 9.69 Å². The van der Waals surface area contributed by atoms with Gasteiger partial charge < -0.3 is 9.64 Å². The summed E-state index contributed by atoms with van der Waals surface area (Å²) in [6.07, 6.45) is 4.60. The fourth-order valence-corrected chi connectivity index (χ4v) is 4.57. The van der Waals surface area contributed by atoms with Crippen molar-refractivity contribution >= 4 is 5.91 Å². The highest BCUT2D eigenvalue weighted by atomic mass is 16.5. The van der Waals surface area contributed by atoms with Gasteiger partial charge in [-0.25, -0.2) is 0 Å². The third kappa shape index (κ3) is 5.18. The summed E-state index contributed by atoms with van der Waals surface area (Å²) in [5.74, 6) is 1.35. The lowest BCUT2D eigenvalue weighted by Gasteiger charge is -2.32. The summed E-state index contributed by atoms with van der Waals surface area (Å²) in [6.45, 7) is 7.76. The smallest absolute Gasteiger partial charge is 0.257 e. The Kier molecular flexibility index (Phi) is 6.50. The molecule has 2 aliphatic heterocycles. The van der Waals surface area contributed by atoms with Gasteiger partial charge in [0.2, 0.25) is 0 Å². The molecule has 1 unspecified atom stereocenters. The van der Waals surface area contributed by atoms with Gasteiger partial charge in [-0.15, -0.1) is 0 Å². The fraction of sp³-hybridized carbons (Fsp3) is 0.480. The van der Waals surface area contributed by atoms with Crippen molar-refractivity contribution in [3.63, 3.8) is 0 Å². The third-order valence-electron chi connectivity index (χ3n) is 6.08. The molecular weight excluding hydrogens is 360 g/mol. The molecule has 0 N–H and O–H groups in total. The van der Waals surface area contributed by atoms with Gasteiger partial charge >= 0.3 is 0 Å². The second-order valence-electron chi connectivity index (χ2n) is 8.54. The molecule has 0 bridgehead atoms. The number of piperidine rings is 1. The van der Waals surface area contributed by atoms with Crippen LogP contribution >= 0.6 is 0 Å². The van der Waals surface area contributed by atoms with Crippen LogP contribution in [0.4, 0.5) is 0 Å². The van der Waals surface area contributed by atoms with E-state index in [4.69, 9.17) is 4.74 Å². The monoisotopic (exact) mass is 392 g/mol. The van der Waals surface area contributed by atoms with Crippen LogP contribution in [0, 0.1) is 12.8 Å². The second kappa shape index (κ2) is 9.45. The van der Waals surface area contributed by atoms with E-state index in [2.05, 4.69) is 36.1 Å². The molecular formula is C25H32N2O2. The highest BCUT2D eigenvalue weighted by Gasteiger charge is 2.24. The number of para-hydroxylation sites is 1. The molecule has 2 heterocycles. The molecule has 2 aromatic rings. The minimum Gasteiger partial charge on any atom is -0.492 e. The molecule has 1 atom stereocenters. The molecule has 4 heteroatoms. The average molecular weight is 393 g/mol. The van der Waals surface area contributed by atoms with Gasteiger partial charge in [0, 0.05) is 32.1 Å². The van der Waals surface area contributed by atoms with Crippen LogP contribution < -0.4 is 4.74 Å². The van der Waals surface area contributed by atoms with Gasteiger partial charge in [-0.05, 0) is 56.8 Å². The molecule has 4 rings (SSSR count). The SMILES string of the molecule is Cc1cccc(CN2CCCC(COc3ccccc3C(=O)N3CCCC3)C2)c1. The van der Waals surface area contributed by atoms with E-state index in [9.17, 15) is 4.79 Å². The van der Waals surface area contributed by atoms with Crippen LogP contribution in [0.3, 0.4) is 0 Å². The maximum Gasteiger partial charge on any atom is 0.257 e. The van der Waals surface area contributed by atoms with E-state index in [1.165, 1.54) is 24.0 Å². The molecule has 2 saturated heterocycles. The Morgan fingerprint density at radius 1 is 1.03 bits per heavy atom. The van der Waals surface area contributed by atoms with E-state index >= 15 is 0 Å². The van der Waals surface area contributed by atoms with Crippen molar-refractivity contribution in [2.75, 3.05) is 32.8 Å². The standard InChI is InChI=1S/C25H32N2O2/c1-20-8-6-9-21(16-20)17-26-13-7-10-22(18-26)19-29-24-12-3-2-11-23(24)25(28)27-14-4-5-15-27/h2-3,6,8-9,11-12,16,22H,4-5,7,10,13-15,17-19H2,1H3. The lowest BCUT2D eigenvalue weighted by molar-refractivity contribution is 0.0784. The summed E-state index contributed by atoms with van der Waals surface area (Å²) in [5, 5.41) is 0. The Hall–Kier alpha value is -2.33. The summed E-state index contributed by atoms with van der Waals surface area (Å²) in [5.41, 5.74) is 3.41. The zero-order valence-corrected chi connectivity index (χ0v) is 17.5. The zero-order chi connectivity index (χ0) is 20.1. The maximum absolute atomic E-state index is 12.8. The van der Waals surface area contributed by atoms with E-state index in [-0.39, 0.29) is 5.91 Å². The number of ether oxygens (including phenoxy) is 1. The van der Waals surface area contributed by atoms with Crippen molar-refractivity contribution in [3.8, 4) is 5.75 Å². The number of carbonyl (C=O) groups is 1. The van der Waals surface area contributed by atoms with Crippen molar-refractivity contribution in [1.29, 1.82) is 0 Å². The lowest BCUT2D eigenvalue weighted by atomic mass is 9.98. The van der Waals surface area contributed by atoms with Gasteiger partial charge in [0.25, 0.3) is 5.91 Å². The maximum atomic E-state index is 12.8. The third-order valence-corrected chi connectivity index (χ3v) is 6.08. The van der Waals surface area contributed by atoms with E-state index < -0.39 is 0 Å². The normalized spacial score (nSPS) is 20.0. The van der Waals surface area contributed by atoms with Gasteiger partial charge in [0.05, 0.1) is 12.2 Å². The van der Waals surface area contributed by atoms with Crippen molar-refractivity contribution in [3.05, 3.63) is 65.2 Å². The molecule has 154 valence electrons. The van der Waals surface area contributed by atoms with Gasteiger partial charge in [-0.2, -0.15) is 0 Å². The molecule has 2 aromatic carbocycles. The second-order valence-corrected chi connectivity index (χ2v) is 8.54. The molecule has 2 fully saturated rings. The fourth-order valence-electron chi connectivity index (χ4n) is 4.57. The number of hydrogen-bond acceptors (Lipinski definition) is 3. The highest BCUT2D eigenvalue weighted by Crippen LogP contribution is 2.25. The number of benzene rings is 2. The quantitative estimate of drug-likeness (QED) is 0.724. The number of rotatable bonds is 6. The van der Waals surface area contributed by atoms with Gasteiger partial charge in [0.1, 0.15) is 5.75 Å². The number of amides is 1. The highest BCUT2D eigenvalue weighted by molar-refractivity contribution is 5.97. The number of nitrogens with zero attached hydrogens (tertiary/aromatic N) is 2. The molecule has 0 spiro atoms. The van der Waals surface area contributed by atoms with Gasteiger partial charge in [0.15, 0.2) is 0 Å². The van der Waals surface area contributed by atoms with E-state index in [1.807, 2.05) is 29.2 Å². The van der Waals surface area contributed by atoms with Crippen LogP contribution in [0.5, 0.6) is 5.75 Å². The van der Waals surface area contributed by atoms with Crippen molar-refractivity contribution < 1.29 is 9.53 Å². The molecule has 0 radical (unpaired) electrons. The minimum atomic E-state index is 0.114. The molecule has 2 aliphatic rings. The Morgan fingerprint density at radius 2 is 1.86 bits per heavy atom. The molecule has 0 saturated carbocycles. The van der Waals surface area contributed by atoms with E-state index in [0.29, 0.717) is 18.1 Å². The summed E-state index contributed by atoms with van der Waals surface area (Å²) in [4.78, 5) is 17.3. The van der Waals surface area contributed by atoms with Crippen LogP contribution in [-0.2, 0) is 6.54 Å². The van der Waals surface area contributed by atoms with E-state index in [1.54, 1.807) is 0 Å². The largest absolute Gasteiger partial charge is 0.492 e. The predicted octanol–water partition coefficient (Wildman–Crippen LogP) is 4.52. The van der Waals surface area contributed by atoms with Crippen molar-refractivity contribution in [2.24, 2.45) is 5.92 Å². The minimum absolute atomic E-state index is 0.114. The predicted molar refractivity (Wildman–Crippen MR) is 116 cm³/mol. The molecule has 1 amide bonds. The first kappa shape index (κ1) is 20.0. The first-order chi connectivity index (χ1) is 14.2. The first-order valence-electron chi connectivity index (χ1n) is 11.0. The molecule has 0 aliphatic carbocycles. The Bertz CT molecular complexity index is 829. The molecule has 4 nitrogen and oxygen atoms in total. The summed E-state index contributed by atoms with van der Waals surface area (Å²) < 4.78 is 6.20. The number of carbonyl (C=O) groups excluding carboxylic acids is 1. The number of likely N-dealkylation sites (tertiary alicyclic amines) is 2. The van der Waals surface area contributed by atoms with Crippen LogP contribution in [0.1, 0.15) is 47.2 Å². The van der Waals surface area contributed by atoms with Crippen LogP contribution in [-0.4, -0.2) is 48.5 Å². The summed E-state index contributed by atoms with van der Waals surface area (Å²) >= 11 is 0. The summed E-state index contributed by atoms with van der Waals surface area (Å²) in [6, 6.07) is 16.5. The Morgan fingerprint density at radius 3 is 2.69 bits per heavy atom.